The van der Waals surface area contributed by atoms with E-state index in [0.717, 1.165) is 29.3 Å². The minimum absolute atomic E-state index is 0.118. The van der Waals surface area contributed by atoms with Gasteiger partial charge in [0.15, 0.2) is 0 Å². The third kappa shape index (κ3) is 7.10. The lowest BCUT2D eigenvalue weighted by Crippen LogP contribution is -2.16. The van der Waals surface area contributed by atoms with Crippen molar-refractivity contribution in [3.05, 3.63) is 83.8 Å². The molecule has 3 aromatic heterocycles. The topological polar surface area (TPSA) is 127 Å². The minimum atomic E-state index is -0.120. The number of hydrogen-bond acceptors (Lipinski definition) is 9. The fourth-order valence-corrected chi connectivity index (χ4v) is 4.24. The smallest absolute Gasteiger partial charge is 0.223 e. The van der Waals surface area contributed by atoms with E-state index in [0.29, 0.717) is 30.4 Å². The standard InChI is InChI=1S/C27H31N8O2/c36-35(37)18-22-8-11-25(31-16-22)29-12-13-30-27-32-17-24(34-15-14-28-19-34)26(33-27)23-9-6-21(7-10-23)3-1-2-20-4-5-20/h6-11,14-17,19-20,36H,1-5,12-13,18H2,(H,29,31)(H,30,32,33)/q-1. The van der Waals surface area contributed by atoms with Gasteiger partial charge in [0, 0.05) is 43.8 Å². The monoisotopic (exact) mass is 499 g/mol. The van der Waals surface area contributed by atoms with E-state index in [-0.39, 0.29) is 11.8 Å². The summed E-state index contributed by atoms with van der Waals surface area (Å²) in [6.07, 6.45) is 15.3. The van der Waals surface area contributed by atoms with E-state index in [1.807, 2.05) is 17.0 Å². The van der Waals surface area contributed by atoms with Crippen LogP contribution < -0.4 is 10.6 Å². The fourth-order valence-electron chi connectivity index (χ4n) is 4.24. The van der Waals surface area contributed by atoms with Gasteiger partial charge in [-0.1, -0.05) is 49.6 Å². The van der Waals surface area contributed by atoms with Crippen molar-refractivity contribution in [3.63, 3.8) is 0 Å². The molecular formula is C27H31N8O2-. The quantitative estimate of drug-likeness (QED) is 0.178. The molecule has 192 valence electrons. The molecule has 3 N–H and O–H groups in total. The zero-order chi connectivity index (χ0) is 25.5. The molecule has 3 heterocycles. The van der Waals surface area contributed by atoms with Crippen molar-refractivity contribution >= 4 is 11.8 Å². The summed E-state index contributed by atoms with van der Waals surface area (Å²) in [5, 5.41) is 25.9. The maximum atomic E-state index is 10.7. The first kappa shape index (κ1) is 24.8. The number of aromatic nitrogens is 5. The Balaban J connectivity index is 1.22. The van der Waals surface area contributed by atoms with Gasteiger partial charge in [0.05, 0.1) is 23.9 Å². The first-order chi connectivity index (χ1) is 18.1. The summed E-state index contributed by atoms with van der Waals surface area (Å²) >= 11 is 0. The predicted molar refractivity (Wildman–Crippen MR) is 142 cm³/mol. The SMILES string of the molecule is [O-]N(O)Cc1ccc(NCCNc2ncc(-n3ccnc3)c(-c3ccc(CCCC4CC4)cc3)n2)nc1. The average Bonchev–Trinajstić information content (AvgIpc) is 3.57. The number of imidazole rings is 1. The van der Waals surface area contributed by atoms with E-state index in [4.69, 9.17) is 10.2 Å². The Labute approximate surface area is 216 Å². The van der Waals surface area contributed by atoms with Gasteiger partial charge in [-0.3, -0.25) is 5.23 Å². The van der Waals surface area contributed by atoms with Crippen LogP contribution in [0.1, 0.15) is 36.8 Å². The molecule has 1 saturated carbocycles. The van der Waals surface area contributed by atoms with Crippen molar-refractivity contribution in [2.75, 3.05) is 23.7 Å². The molecular weight excluding hydrogens is 468 g/mol. The normalized spacial score (nSPS) is 13.2. The molecule has 0 bridgehead atoms. The summed E-state index contributed by atoms with van der Waals surface area (Å²) in [5.74, 6) is 2.19. The molecule has 0 spiro atoms. The van der Waals surface area contributed by atoms with Crippen molar-refractivity contribution in [2.45, 2.75) is 38.6 Å². The molecule has 0 radical (unpaired) electrons. The Bertz CT molecular complexity index is 1260. The molecule has 10 nitrogen and oxygen atoms in total. The Hall–Kier alpha value is -3.86. The average molecular weight is 500 g/mol. The van der Waals surface area contributed by atoms with Gasteiger partial charge in [-0.05, 0) is 36.0 Å². The van der Waals surface area contributed by atoms with E-state index in [1.165, 1.54) is 31.2 Å². The van der Waals surface area contributed by atoms with E-state index < -0.39 is 0 Å². The molecule has 37 heavy (non-hydrogen) atoms. The third-order valence-electron chi connectivity index (χ3n) is 6.41. The summed E-state index contributed by atoms with van der Waals surface area (Å²) in [5.41, 5.74) is 4.72. The van der Waals surface area contributed by atoms with Gasteiger partial charge >= 0.3 is 0 Å². The number of pyridine rings is 1. The molecule has 1 fully saturated rings. The van der Waals surface area contributed by atoms with Crippen molar-refractivity contribution in [3.8, 4) is 16.9 Å². The zero-order valence-corrected chi connectivity index (χ0v) is 20.6. The molecule has 4 aromatic rings. The van der Waals surface area contributed by atoms with Crippen molar-refractivity contribution in [1.29, 1.82) is 0 Å². The number of benzene rings is 1. The van der Waals surface area contributed by atoms with E-state index in [9.17, 15) is 5.21 Å². The fraction of sp³-hybridized carbons (Fsp3) is 0.333. The second-order valence-corrected chi connectivity index (χ2v) is 9.35. The second kappa shape index (κ2) is 11.9. The number of nitrogens with zero attached hydrogens (tertiary/aromatic N) is 6. The maximum absolute atomic E-state index is 10.7. The second-order valence-electron chi connectivity index (χ2n) is 9.35. The minimum Gasteiger partial charge on any atom is -0.762 e. The van der Waals surface area contributed by atoms with Crippen molar-refractivity contribution in [2.24, 2.45) is 5.92 Å². The highest BCUT2D eigenvalue weighted by Crippen LogP contribution is 2.34. The molecule has 10 heteroatoms. The lowest BCUT2D eigenvalue weighted by atomic mass is 10.0. The van der Waals surface area contributed by atoms with Gasteiger partial charge < -0.3 is 25.6 Å². The van der Waals surface area contributed by atoms with E-state index >= 15 is 0 Å². The van der Waals surface area contributed by atoms with E-state index in [1.54, 1.807) is 30.9 Å². The molecule has 0 atom stereocenters. The van der Waals surface area contributed by atoms with Gasteiger partial charge in [0.1, 0.15) is 5.82 Å². The van der Waals surface area contributed by atoms with Crippen molar-refractivity contribution in [1.82, 2.24) is 29.7 Å². The number of hydrogen-bond donors (Lipinski definition) is 3. The lowest BCUT2D eigenvalue weighted by Gasteiger charge is -2.18. The largest absolute Gasteiger partial charge is 0.762 e. The Morgan fingerprint density at radius 1 is 1.00 bits per heavy atom. The molecule has 0 unspecified atom stereocenters. The van der Waals surface area contributed by atoms with Crippen LogP contribution in [0.25, 0.3) is 16.9 Å². The zero-order valence-electron chi connectivity index (χ0n) is 20.6. The number of nitrogens with one attached hydrogen (secondary N) is 2. The van der Waals surface area contributed by atoms with Gasteiger partial charge in [-0.15, -0.1) is 0 Å². The Morgan fingerprint density at radius 3 is 2.51 bits per heavy atom. The summed E-state index contributed by atoms with van der Waals surface area (Å²) in [6.45, 7) is 1.06. The van der Waals surface area contributed by atoms with Crippen LogP contribution in [0.15, 0.2) is 67.5 Å². The number of aryl methyl sites for hydroxylation is 1. The Kier molecular flexibility index (Phi) is 7.99. The number of hydroxylamine groups is 2. The molecule has 1 aromatic carbocycles. The van der Waals surface area contributed by atoms with Crippen molar-refractivity contribution < 1.29 is 5.21 Å². The number of rotatable bonds is 13. The van der Waals surface area contributed by atoms with Gasteiger partial charge in [-0.2, -0.15) is 0 Å². The van der Waals surface area contributed by atoms with Crippen LogP contribution in [0.5, 0.6) is 0 Å². The molecule has 1 aliphatic rings. The maximum Gasteiger partial charge on any atom is 0.223 e. The first-order valence-corrected chi connectivity index (χ1v) is 12.6. The highest BCUT2D eigenvalue weighted by Gasteiger charge is 2.20. The summed E-state index contributed by atoms with van der Waals surface area (Å²) < 4.78 is 1.92. The summed E-state index contributed by atoms with van der Waals surface area (Å²) in [6, 6.07) is 12.2. The van der Waals surface area contributed by atoms with Crippen LogP contribution in [0, 0.1) is 11.1 Å². The number of anilines is 2. The first-order valence-electron chi connectivity index (χ1n) is 12.6. The predicted octanol–water partition coefficient (Wildman–Crippen LogP) is 4.67. The molecule has 5 rings (SSSR count). The lowest BCUT2D eigenvalue weighted by molar-refractivity contribution is -0.0488. The summed E-state index contributed by atoms with van der Waals surface area (Å²) in [4.78, 5) is 17.8. The van der Waals surface area contributed by atoms with Gasteiger partial charge in [0.25, 0.3) is 0 Å². The summed E-state index contributed by atoms with van der Waals surface area (Å²) in [7, 11) is 0. The van der Waals surface area contributed by atoms with Gasteiger partial charge in [0.2, 0.25) is 5.95 Å². The van der Waals surface area contributed by atoms with E-state index in [2.05, 4.69) is 49.9 Å². The molecule has 0 amide bonds. The highest BCUT2D eigenvalue weighted by molar-refractivity contribution is 5.70. The molecule has 0 saturated heterocycles. The van der Waals surface area contributed by atoms with Crippen LogP contribution in [-0.2, 0) is 13.0 Å². The van der Waals surface area contributed by atoms with Gasteiger partial charge in [-0.25, -0.2) is 19.9 Å². The van der Waals surface area contributed by atoms with Crippen LogP contribution >= 0.6 is 0 Å². The van der Waals surface area contributed by atoms with Crippen LogP contribution in [0.3, 0.4) is 0 Å². The van der Waals surface area contributed by atoms with Crippen LogP contribution in [-0.4, -0.2) is 48.0 Å². The molecule has 0 aliphatic heterocycles. The highest BCUT2D eigenvalue weighted by atomic mass is 16.8. The molecule has 1 aliphatic carbocycles. The third-order valence-corrected chi connectivity index (χ3v) is 6.41. The van der Waals surface area contributed by atoms with Crippen LogP contribution in [0.4, 0.5) is 11.8 Å². The van der Waals surface area contributed by atoms with Crippen LogP contribution in [0.2, 0.25) is 0 Å². The Morgan fingerprint density at radius 2 is 1.81 bits per heavy atom.